The lowest BCUT2D eigenvalue weighted by atomic mass is 10.2. The Kier molecular flexibility index (Phi) is 4.19. The molecule has 4 nitrogen and oxygen atoms in total. The van der Waals surface area contributed by atoms with E-state index in [9.17, 15) is 14.0 Å². The topological polar surface area (TPSA) is 58.2 Å². The van der Waals surface area contributed by atoms with Crippen LogP contribution in [0.2, 0.25) is 0 Å². The van der Waals surface area contributed by atoms with Crippen LogP contribution in [-0.2, 0) is 9.59 Å². The predicted octanol–water partition coefficient (Wildman–Crippen LogP) is 1.39. The highest BCUT2D eigenvalue weighted by atomic mass is 32.2. The zero-order valence-electron chi connectivity index (χ0n) is 9.61. The summed E-state index contributed by atoms with van der Waals surface area (Å²) in [7, 11) is 0. The Morgan fingerprint density at radius 1 is 1.44 bits per heavy atom. The molecule has 1 aromatic rings. The van der Waals surface area contributed by atoms with Crippen LogP contribution in [0, 0.1) is 5.82 Å². The van der Waals surface area contributed by atoms with E-state index in [-0.39, 0.29) is 29.3 Å². The Morgan fingerprint density at radius 2 is 2.17 bits per heavy atom. The third-order valence-electron chi connectivity index (χ3n) is 2.51. The average Bonchev–Trinajstić information content (AvgIpc) is 2.35. The zero-order chi connectivity index (χ0) is 13.0. The van der Waals surface area contributed by atoms with Gasteiger partial charge in [0, 0.05) is 24.4 Å². The maximum atomic E-state index is 12.7. The number of nitrogens with one attached hydrogen (secondary N) is 2. The highest BCUT2D eigenvalue weighted by Crippen LogP contribution is 2.19. The van der Waals surface area contributed by atoms with Crippen molar-refractivity contribution in [3.63, 3.8) is 0 Å². The summed E-state index contributed by atoms with van der Waals surface area (Å²) >= 11 is 1.48. The van der Waals surface area contributed by atoms with Crippen LogP contribution in [0.1, 0.15) is 6.42 Å². The number of carbonyl (C=O) groups excluding carboxylic acids is 2. The van der Waals surface area contributed by atoms with Crippen molar-refractivity contribution in [3.8, 4) is 0 Å². The lowest BCUT2D eigenvalue weighted by molar-refractivity contribution is -0.123. The molecule has 1 heterocycles. The minimum absolute atomic E-state index is 0.0968. The van der Waals surface area contributed by atoms with Gasteiger partial charge < -0.3 is 10.6 Å². The van der Waals surface area contributed by atoms with Crippen molar-refractivity contribution in [2.45, 2.75) is 11.7 Å². The molecule has 1 atom stereocenters. The molecule has 0 aliphatic carbocycles. The number of thioether (sulfide) groups is 1. The van der Waals surface area contributed by atoms with Gasteiger partial charge >= 0.3 is 0 Å². The van der Waals surface area contributed by atoms with Crippen LogP contribution in [-0.4, -0.2) is 29.4 Å². The van der Waals surface area contributed by atoms with E-state index in [0.717, 1.165) is 5.75 Å². The fourth-order valence-electron chi connectivity index (χ4n) is 1.63. The average molecular weight is 268 g/mol. The van der Waals surface area contributed by atoms with E-state index in [4.69, 9.17) is 0 Å². The van der Waals surface area contributed by atoms with Crippen molar-refractivity contribution in [3.05, 3.63) is 30.1 Å². The molecule has 1 aromatic carbocycles. The molecule has 0 bridgehead atoms. The maximum Gasteiger partial charge on any atom is 0.233 e. The summed E-state index contributed by atoms with van der Waals surface area (Å²) in [5.74, 6) is 0.132. The molecule has 2 rings (SSSR count). The van der Waals surface area contributed by atoms with Crippen LogP contribution in [0.25, 0.3) is 0 Å². The highest BCUT2D eigenvalue weighted by molar-refractivity contribution is 8.00. The van der Waals surface area contributed by atoms with Gasteiger partial charge in [-0.15, -0.1) is 11.8 Å². The molecular formula is C12H13FN2O2S. The second-order valence-corrected chi connectivity index (χ2v) is 5.22. The Bertz CT molecular complexity index is 450. The molecule has 0 saturated carbocycles. The summed E-state index contributed by atoms with van der Waals surface area (Å²) in [5.41, 5.74) is 0.530. The van der Waals surface area contributed by atoms with Gasteiger partial charge in [-0.2, -0.15) is 0 Å². The maximum absolute atomic E-state index is 12.7. The van der Waals surface area contributed by atoms with Crippen LogP contribution in [0.3, 0.4) is 0 Å². The van der Waals surface area contributed by atoms with Gasteiger partial charge in [0.05, 0.1) is 5.25 Å². The number of rotatable bonds is 3. The van der Waals surface area contributed by atoms with Gasteiger partial charge in [-0.05, 0) is 24.3 Å². The molecule has 0 radical (unpaired) electrons. The molecular weight excluding hydrogens is 255 g/mol. The minimum atomic E-state index is -0.352. The molecule has 0 unspecified atom stereocenters. The number of hydrogen-bond acceptors (Lipinski definition) is 3. The summed E-state index contributed by atoms with van der Waals surface area (Å²) < 4.78 is 12.7. The number of halogens is 1. The van der Waals surface area contributed by atoms with Gasteiger partial charge in [-0.25, -0.2) is 4.39 Å². The zero-order valence-corrected chi connectivity index (χ0v) is 10.4. The molecule has 18 heavy (non-hydrogen) atoms. The minimum Gasteiger partial charge on any atom is -0.354 e. The Labute approximate surface area is 108 Å². The van der Waals surface area contributed by atoms with E-state index < -0.39 is 0 Å². The first kappa shape index (κ1) is 12.9. The van der Waals surface area contributed by atoms with E-state index in [1.807, 2.05) is 0 Å². The van der Waals surface area contributed by atoms with Gasteiger partial charge in [0.1, 0.15) is 5.82 Å². The molecule has 0 spiro atoms. The number of benzene rings is 1. The van der Waals surface area contributed by atoms with Gasteiger partial charge in [0.2, 0.25) is 11.8 Å². The van der Waals surface area contributed by atoms with Crippen molar-refractivity contribution >= 4 is 29.3 Å². The summed E-state index contributed by atoms with van der Waals surface area (Å²) in [6.45, 7) is 0.652. The van der Waals surface area contributed by atoms with Crippen LogP contribution in [0.5, 0.6) is 0 Å². The van der Waals surface area contributed by atoms with E-state index in [0.29, 0.717) is 12.2 Å². The Balaban J connectivity index is 1.88. The van der Waals surface area contributed by atoms with Crippen molar-refractivity contribution < 1.29 is 14.0 Å². The molecule has 1 fully saturated rings. The first-order chi connectivity index (χ1) is 8.65. The van der Waals surface area contributed by atoms with Gasteiger partial charge in [-0.3, -0.25) is 9.59 Å². The lowest BCUT2D eigenvalue weighted by Gasteiger charge is -2.20. The lowest BCUT2D eigenvalue weighted by Crippen LogP contribution is -2.40. The van der Waals surface area contributed by atoms with Crippen LogP contribution >= 0.6 is 11.8 Å². The molecule has 96 valence electrons. The summed E-state index contributed by atoms with van der Waals surface area (Å²) in [6.07, 6.45) is 0.133. The quantitative estimate of drug-likeness (QED) is 0.871. The first-order valence-electron chi connectivity index (χ1n) is 5.60. The Morgan fingerprint density at radius 3 is 2.83 bits per heavy atom. The van der Waals surface area contributed by atoms with Crippen molar-refractivity contribution in [1.82, 2.24) is 5.32 Å². The smallest absolute Gasteiger partial charge is 0.233 e. The highest BCUT2D eigenvalue weighted by Gasteiger charge is 2.25. The third kappa shape index (κ3) is 3.46. The van der Waals surface area contributed by atoms with Crippen LogP contribution < -0.4 is 10.6 Å². The number of amides is 2. The molecule has 1 saturated heterocycles. The fourth-order valence-corrected chi connectivity index (χ4v) is 2.64. The predicted molar refractivity (Wildman–Crippen MR) is 68.9 cm³/mol. The second kappa shape index (κ2) is 5.86. The van der Waals surface area contributed by atoms with Gasteiger partial charge in [-0.1, -0.05) is 0 Å². The van der Waals surface area contributed by atoms with E-state index in [1.54, 1.807) is 0 Å². The summed E-state index contributed by atoms with van der Waals surface area (Å²) in [4.78, 5) is 23.2. The number of carbonyl (C=O) groups is 2. The molecule has 0 aromatic heterocycles. The fraction of sp³-hybridized carbons (Fsp3) is 0.333. The summed E-state index contributed by atoms with van der Waals surface area (Å²) in [6, 6.07) is 5.53. The molecule has 1 aliphatic rings. The summed E-state index contributed by atoms with van der Waals surface area (Å²) in [5, 5.41) is 5.02. The van der Waals surface area contributed by atoms with Crippen LogP contribution in [0.4, 0.5) is 10.1 Å². The Hall–Kier alpha value is -1.56. The van der Waals surface area contributed by atoms with E-state index >= 15 is 0 Å². The van der Waals surface area contributed by atoms with E-state index in [1.165, 1.54) is 36.0 Å². The molecule has 2 amide bonds. The molecule has 1 aliphatic heterocycles. The molecule has 2 N–H and O–H groups in total. The third-order valence-corrected chi connectivity index (χ3v) is 3.73. The number of anilines is 1. The van der Waals surface area contributed by atoms with Gasteiger partial charge in [0.25, 0.3) is 0 Å². The molecule has 6 heteroatoms. The largest absolute Gasteiger partial charge is 0.354 e. The monoisotopic (exact) mass is 268 g/mol. The normalized spacial score (nSPS) is 19.2. The second-order valence-electron chi connectivity index (χ2n) is 3.91. The van der Waals surface area contributed by atoms with Gasteiger partial charge in [0.15, 0.2) is 0 Å². The number of hydrogen-bond donors (Lipinski definition) is 2. The van der Waals surface area contributed by atoms with Crippen LogP contribution in [0.15, 0.2) is 24.3 Å². The first-order valence-corrected chi connectivity index (χ1v) is 6.65. The van der Waals surface area contributed by atoms with Crippen molar-refractivity contribution in [1.29, 1.82) is 0 Å². The SMILES string of the molecule is O=C(C[C@H]1SCCNC1=O)Nc1ccc(F)cc1. The van der Waals surface area contributed by atoms with Crippen molar-refractivity contribution in [2.75, 3.05) is 17.6 Å². The standard InChI is InChI=1S/C12H13FN2O2S/c13-8-1-3-9(4-2-8)15-11(16)7-10-12(17)14-5-6-18-10/h1-4,10H,5-7H2,(H,14,17)(H,15,16)/t10-/m1/s1. The van der Waals surface area contributed by atoms with E-state index in [2.05, 4.69) is 10.6 Å². The van der Waals surface area contributed by atoms with Crippen molar-refractivity contribution in [2.24, 2.45) is 0 Å².